The summed E-state index contributed by atoms with van der Waals surface area (Å²) in [6.07, 6.45) is 9.51. The molecule has 1 aromatic carbocycles. The van der Waals surface area contributed by atoms with Gasteiger partial charge in [0.15, 0.2) is 0 Å². The van der Waals surface area contributed by atoms with E-state index in [0.29, 0.717) is 29.6 Å². The number of anilines is 3. The summed E-state index contributed by atoms with van der Waals surface area (Å²) in [6.45, 7) is 6.86. The molecule has 0 saturated carbocycles. The molecule has 218 valence electrons. The van der Waals surface area contributed by atoms with E-state index in [1.165, 1.54) is 37.8 Å². The molecule has 1 N–H and O–H groups in total. The Kier molecular flexibility index (Phi) is 9.69. The second-order valence-corrected chi connectivity index (χ2v) is 14.0. The summed E-state index contributed by atoms with van der Waals surface area (Å²) in [5.74, 6) is 0.394. The topological polar surface area (TPSA) is 99.2 Å². The van der Waals surface area contributed by atoms with Gasteiger partial charge in [-0.05, 0) is 12.8 Å². The molecule has 5 rings (SSSR count). The van der Waals surface area contributed by atoms with Gasteiger partial charge in [-0.3, -0.25) is 0 Å². The minimum absolute atomic E-state index is 0.0765. The number of aromatic nitrogens is 3. The summed E-state index contributed by atoms with van der Waals surface area (Å²) in [5.41, 5.74) is 3.27. The van der Waals surface area contributed by atoms with Crippen LogP contribution in [0.3, 0.4) is 0 Å². The number of fused-ring (bicyclic) bond motifs is 1. The van der Waals surface area contributed by atoms with Gasteiger partial charge in [0, 0.05) is 18.8 Å². The van der Waals surface area contributed by atoms with E-state index >= 15 is 0 Å². The molecule has 0 spiro atoms. The molecule has 1 aliphatic heterocycles. The summed E-state index contributed by atoms with van der Waals surface area (Å²) in [6, 6.07) is 14.6. The monoisotopic (exact) mass is 692 g/mol. The van der Waals surface area contributed by atoms with Crippen molar-refractivity contribution < 1.29 is 21.2 Å². The van der Waals surface area contributed by atoms with Gasteiger partial charge in [-0.1, -0.05) is 33.1 Å². The van der Waals surface area contributed by atoms with Crippen LogP contribution in [0.15, 0.2) is 62.7 Å². The Labute approximate surface area is 261 Å². The first kappa shape index (κ1) is 29.9. The number of hydrogen-bond donors (Lipinski definition) is 1. The predicted molar refractivity (Wildman–Crippen MR) is 169 cm³/mol. The number of pyridine rings is 1. The molecule has 0 bridgehead atoms. The molecule has 42 heavy (non-hydrogen) atoms. The van der Waals surface area contributed by atoms with Gasteiger partial charge in [0.05, 0.1) is 0 Å². The number of unbranched alkanes of at least 4 members (excludes halogenated alkanes) is 1. The van der Waals surface area contributed by atoms with Gasteiger partial charge in [-0.2, -0.15) is 0 Å². The van der Waals surface area contributed by atoms with Crippen molar-refractivity contribution >= 4 is 43.4 Å². The maximum atomic E-state index is 13.4. The Morgan fingerprint density at radius 3 is 2.67 bits per heavy atom. The molecule has 3 aromatic heterocycles. The molecule has 0 aliphatic carbocycles. The first-order valence-electron chi connectivity index (χ1n) is 14.3. The second-order valence-electron chi connectivity index (χ2n) is 10.4. The van der Waals surface area contributed by atoms with Crippen LogP contribution in [0.2, 0.25) is 0 Å². The van der Waals surface area contributed by atoms with Crippen LogP contribution >= 0.6 is 11.3 Å². The fourth-order valence-electron chi connectivity index (χ4n) is 5.22. The number of nitriles is 1. The SMILES string of the molecule is CCCCC(CCC)N(C)c1ccc(Nc2ncc3cc(C#N)c(=O)n(Cc4cc(C)sc4C4=NC=C[I-]4)c3n2)cc1. The van der Waals surface area contributed by atoms with E-state index in [1.807, 2.05) is 24.4 Å². The summed E-state index contributed by atoms with van der Waals surface area (Å²) >= 11 is 1.41. The normalized spacial score (nSPS) is 13.5. The number of nitrogens with zero attached hydrogens (tertiary/aromatic N) is 6. The average Bonchev–Trinajstić information content (AvgIpc) is 3.66. The number of rotatable bonds is 12. The van der Waals surface area contributed by atoms with Gasteiger partial charge in [0.1, 0.15) is 0 Å². The van der Waals surface area contributed by atoms with Gasteiger partial charge in [-0.15, -0.1) is 0 Å². The van der Waals surface area contributed by atoms with Crippen LogP contribution in [0, 0.1) is 18.3 Å². The molecular weight excluding hydrogens is 657 g/mol. The van der Waals surface area contributed by atoms with E-state index < -0.39 is 0 Å². The van der Waals surface area contributed by atoms with E-state index in [0.717, 1.165) is 24.7 Å². The van der Waals surface area contributed by atoms with Crippen molar-refractivity contribution in [2.75, 3.05) is 17.3 Å². The summed E-state index contributed by atoms with van der Waals surface area (Å²) in [5, 5.41) is 13.6. The molecule has 8 nitrogen and oxygen atoms in total. The molecule has 4 aromatic rings. The standard InChI is InChI=1S/C32H35IN7OS/c1-5-7-9-26(8-6-2)39(4)27-12-10-25(11-13-27)37-32-36-19-23-17-22(18-34)31(41)40(30(23)38-32)20-24-16-21(3)42-28(24)29-33-14-15-35-29/h10-17,19,26H,5-9,20H2,1-4H3,(H,36,37,38)/q-1. The second kappa shape index (κ2) is 13.6. The number of benzene rings is 1. The number of aryl methyl sites for hydroxylation is 1. The Morgan fingerprint density at radius 1 is 1.17 bits per heavy atom. The van der Waals surface area contributed by atoms with Crippen molar-refractivity contribution in [3.8, 4) is 6.07 Å². The summed E-state index contributed by atoms with van der Waals surface area (Å²) in [4.78, 5) is 31.9. The Balaban J connectivity index is 1.44. The van der Waals surface area contributed by atoms with E-state index in [2.05, 4.69) is 70.3 Å². The number of nitrogens with one attached hydrogen (secondary N) is 1. The van der Waals surface area contributed by atoms with Crippen LogP contribution in [0.25, 0.3) is 11.0 Å². The minimum atomic E-state index is -0.359. The van der Waals surface area contributed by atoms with E-state index in [4.69, 9.17) is 4.98 Å². The molecule has 4 heterocycles. The molecular formula is C32H35IN7OS-. The van der Waals surface area contributed by atoms with E-state index in [-0.39, 0.29) is 32.3 Å². The summed E-state index contributed by atoms with van der Waals surface area (Å²) in [7, 11) is 2.18. The zero-order valence-electron chi connectivity index (χ0n) is 24.4. The van der Waals surface area contributed by atoms with Crippen molar-refractivity contribution in [3.63, 3.8) is 0 Å². The van der Waals surface area contributed by atoms with Crippen molar-refractivity contribution in [1.29, 1.82) is 5.26 Å². The molecule has 0 fully saturated rings. The Hall–Kier alpha value is -3.56. The van der Waals surface area contributed by atoms with Gasteiger partial charge in [0.2, 0.25) is 0 Å². The predicted octanol–water partition coefficient (Wildman–Crippen LogP) is 3.94. The van der Waals surface area contributed by atoms with Gasteiger partial charge in [-0.25, -0.2) is 0 Å². The molecule has 0 amide bonds. The van der Waals surface area contributed by atoms with Gasteiger partial charge in [0.25, 0.3) is 0 Å². The zero-order chi connectivity index (χ0) is 29.6. The maximum absolute atomic E-state index is 13.4. The quantitative estimate of drug-likeness (QED) is 0.226. The molecule has 1 aliphatic rings. The number of halogens is 1. The molecule has 0 saturated heterocycles. The number of aliphatic imine (C=N–C) groups is 1. The Morgan fingerprint density at radius 2 is 1.98 bits per heavy atom. The molecule has 1 atom stereocenters. The van der Waals surface area contributed by atoms with Crippen LogP contribution in [-0.4, -0.2) is 31.3 Å². The van der Waals surface area contributed by atoms with Crippen molar-refractivity contribution in [1.82, 2.24) is 14.5 Å². The summed E-state index contributed by atoms with van der Waals surface area (Å²) < 4.78 is 4.83. The fraction of sp³-hybridized carbons (Fsp3) is 0.344. The molecule has 10 heteroatoms. The first-order valence-corrected chi connectivity index (χ1v) is 17.4. The third-order valence-electron chi connectivity index (χ3n) is 7.40. The third-order valence-corrected chi connectivity index (χ3v) is 11.0. The van der Waals surface area contributed by atoms with Crippen molar-refractivity contribution in [2.45, 2.75) is 65.5 Å². The zero-order valence-corrected chi connectivity index (χ0v) is 27.4. The molecule has 1 unspecified atom stereocenters. The van der Waals surface area contributed by atoms with Crippen LogP contribution < -0.4 is 37.0 Å². The third kappa shape index (κ3) is 6.57. The van der Waals surface area contributed by atoms with Crippen LogP contribution in [-0.2, 0) is 6.54 Å². The molecule has 0 radical (unpaired) electrons. The first-order chi connectivity index (χ1) is 20.4. The van der Waals surface area contributed by atoms with E-state index in [9.17, 15) is 10.1 Å². The average molecular weight is 693 g/mol. The van der Waals surface area contributed by atoms with Gasteiger partial charge < -0.3 is 4.90 Å². The fourth-order valence-corrected chi connectivity index (χ4v) is 8.37. The van der Waals surface area contributed by atoms with Crippen LogP contribution in [0.5, 0.6) is 0 Å². The van der Waals surface area contributed by atoms with Crippen molar-refractivity contribution in [3.05, 3.63) is 84.1 Å². The van der Waals surface area contributed by atoms with Crippen molar-refractivity contribution in [2.24, 2.45) is 4.99 Å². The van der Waals surface area contributed by atoms with Crippen LogP contribution in [0.4, 0.5) is 17.3 Å². The van der Waals surface area contributed by atoms with Gasteiger partial charge >= 0.3 is 193 Å². The van der Waals surface area contributed by atoms with Crippen LogP contribution in [0.1, 0.15) is 66.8 Å². The number of hydrogen-bond acceptors (Lipinski definition) is 8. The number of thiophene rings is 1. The van der Waals surface area contributed by atoms with E-state index in [1.54, 1.807) is 28.2 Å². The Bertz CT molecular complexity index is 1730.